The second kappa shape index (κ2) is 9.48. The Hall–Kier alpha value is -3.18. The van der Waals surface area contributed by atoms with Crippen molar-refractivity contribution in [2.75, 3.05) is 49.6 Å². The molecule has 2 aromatic heterocycles. The molecule has 4 heterocycles. The zero-order valence-electron chi connectivity index (χ0n) is 22.4. The smallest absolute Gasteiger partial charge is 0.379 e. The summed E-state index contributed by atoms with van der Waals surface area (Å²) in [5, 5.41) is 8.53. The number of alkyl halides is 3. The Labute approximate surface area is 225 Å². The third-order valence-electron chi connectivity index (χ3n) is 8.63. The average Bonchev–Trinajstić information content (AvgIpc) is 3.40. The Morgan fingerprint density at radius 2 is 1.90 bits per heavy atom. The van der Waals surface area contributed by atoms with Gasteiger partial charge in [-0.15, -0.1) is 0 Å². The first-order valence-corrected chi connectivity index (χ1v) is 13.4. The molecule has 11 heteroatoms. The van der Waals surface area contributed by atoms with Crippen LogP contribution in [0, 0.1) is 12.8 Å². The molecule has 6 rings (SSSR count). The molecule has 1 aromatic carbocycles. The number of aryl methyl sites for hydroxylation is 2. The number of nitrogens with zero attached hydrogens (tertiary/aromatic N) is 5. The second-order valence-corrected chi connectivity index (χ2v) is 11.3. The number of carbonyl (C=O) groups excluding carboxylic acids is 1. The monoisotopic (exact) mass is 542 g/mol. The number of benzene rings is 1. The summed E-state index contributed by atoms with van der Waals surface area (Å²) in [4.78, 5) is 22.3. The molecule has 1 amide bonds. The molecule has 3 aliphatic rings. The van der Waals surface area contributed by atoms with Gasteiger partial charge in [0.15, 0.2) is 0 Å². The van der Waals surface area contributed by atoms with Crippen molar-refractivity contribution in [3.63, 3.8) is 0 Å². The van der Waals surface area contributed by atoms with E-state index in [0.29, 0.717) is 12.2 Å². The topological polar surface area (TPSA) is 75.5 Å². The molecular weight excluding hydrogens is 509 g/mol. The van der Waals surface area contributed by atoms with Crippen LogP contribution in [-0.2, 0) is 22.8 Å². The van der Waals surface area contributed by atoms with Crippen LogP contribution in [0.1, 0.15) is 42.5 Å². The van der Waals surface area contributed by atoms with E-state index in [1.54, 1.807) is 6.20 Å². The fraction of sp³-hybridized carbons (Fsp3) is 0.536. The molecule has 1 aliphatic carbocycles. The molecule has 208 valence electrons. The van der Waals surface area contributed by atoms with E-state index in [9.17, 15) is 18.0 Å². The van der Waals surface area contributed by atoms with Crippen LogP contribution in [0.4, 0.5) is 24.7 Å². The number of anilines is 2. The van der Waals surface area contributed by atoms with Crippen LogP contribution in [0.25, 0.3) is 10.8 Å². The Bertz CT molecular complexity index is 1410. The molecular formula is C28H33F3N6O2. The van der Waals surface area contributed by atoms with Crippen molar-refractivity contribution in [2.45, 2.75) is 44.3 Å². The van der Waals surface area contributed by atoms with Crippen LogP contribution in [0.15, 0.2) is 30.6 Å². The number of rotatable bonds is 5. The van der Waals surface area contributed by atoms with Crippen molar-refractivity contribution >= 4 is 28.2 Å². The van der Waals surface area contributed by atoms with Gasteiger partial charge < -0.3 is 15.0 Å². The van der Waals surface area contributed by atoms with Crippen LogP contribution in [0.3, 0.4) is 0 Å². The fourth-order valence-corrected chi connectivity index (χ4v) is 6.22. The van der Waals surface area contributed by atoms with Gasteiger partial charge in [0.1, 0.15) is 11.5 Å². The number of nitrogens with one attached hydrogen (secondary N) is 1. The van der Waals surface area contributed by atoms with Crippen LogP contribution in [0.5, 0.6) is 0 Å². The van der Waals surface area contributed by atoms with Crippen molar-refractivity contribution in [2.24, 2.45) is 13.0 Å². The molecule has 0 radical (unpaired) electrons. The molecule has 0 spiro atoms. The van der Waals surface area contributed by atoms with Gasteiger partial charge in [-0.3, -0.25) is 14.4 Å². The van der Waals surface area contributed by atoms with Crippen LogP contribution in [-0.4, -0.2) is 70.5 Å². The van der Waals surface area contributed by atoms with Crippen molar-refractivity contribution in [3.05, 3.63) is 47.4 Å². The molecule has 2 saturated heterocycles. The molecule has 3 fully saturated rings. The number of ether oxygens (including phenoxy) is 1. The van der Waals surface area contributed by atoms with E-state index in [2.05, 4.69) is 51.2 Å². The van der Waals surface area contributed by atoms with Gasteiger partial charge in [-0.2, -0.15) is 18.3 Å². The van der Waals surface area contributed by atoms with Crippen LogP contribution < -0.4 is 10.2 Å². The number of hydrogen-bond acceptors (Lipinski definition) is 6. The third-order valence-corrected chi connectivity index (χ3v) is 8.63. The predicted octanol–water partition coefficient (Wildman–Crippen LogP) is 4.34. The standard InChI is InChI=1S/C28H33F3N6O2/c1-17-10-19-14-32-24(34-26(38)21-13-20(21)22-15-33-35(3)25(22)28(29,30)31)12-18(19)11-23(17)36-5-7-37(8-6-36)27(2)4-9-39-16-27/h10-12,14-15,20-21H,4-9,13,16H2,1-3H3,(H,32,34,38). The Balaban J connectivity index is 1.15. The first-order chi connectivity index (χ1) is 18.5. The number of halogens is 3. The van der Waals surface area contributed by atoms with Gasteiger partial charge in [0, 0.05) is 74.1 Å². The minimum absolute atomic E-state index is 0.0753. The van der Waals surface area contributed by atoms with E-state index in [1.165, 1.54) is 18.8 Å². The van der Waals surface area contributed by atoms with Crippen LogP contribution in [0.2, 0.25) is 0 Å². The lowest BCUT2D eigenvalue weighted by Gasteiger charge is -2.44. The lowest BCUT2D eigenvalue weighted by molar-refractivity contribution is -0.144. The molecule has 1 N–H and O–H groups in total. The van der Waals surface area contributed by atoms with E-state index >= 15 is 0 Å². The number of carbonyl (C=O) groups is 1. The van der Waals surface area contributed by atoms with E-state index < -0.39 is 23.7 Å². The lowest BCUT2D eigenvalue weighted by atomic mass is 9.97. The van der Waals surface area contributed by atoms with Gasteiger partial charge in [0.2, 0.25) is 5.91 Å². The van der Waals surface area contributed by atoms with Crippen LogP contribution >= 0.6 is 0 Å². The molecule has 0 bridgehead atoms. The summed E-state index contributed by atoms with van der Waals surface area (Å²) in [6.45, 7) is 9.81. The summed E-state index contributed by atoms with van der Waals surface area (Å²) < 4.78 is 46.9. The largest absolute Gasteiger partial charge is 0.433 e. The maximum Gasteiger partial charge on any atom is 0.433 e. The van der Waals surface area contributed by atoms with Gasteiger partial charge in [-0.25, -0.2) is 4.98 Å². The highest BCUT2D eigenvalue weighted by Crippen LogP contribution is 2.51. The van der Waals surface area contributed by atoms with Gasteiger partial charge in [0.25, 0.3) is 0 Å². The Morgan fingerprint density at radius 3 is 2.59 bits per heavy atom. The molecule has 3 aromatic rings. The van der Waals surface area contributed by atoms with E-state index in [4.69, 9.17) is 4.74 Å². The average molecular weight is 543 g/mol. The summed E-state index contributed by atoms with van der Waals surface area (Å²) >= 11 is 0. The number of piperazine rings is 1. The number of pyridine rings is 1. The highest BCUT2D eigenvalue weighted by molar-refractivity contribution is 5.97. The fourth-order valence-electron chi connectivity index (χ4n) is 6.22. The number of hydrogen-bond donors (Lipinski definition) is 1. The van der Waals surface area contributed by atoms with Crippen molar-refractivity contribution in [1.82, 2.24) is 19.7 Å². The zero-order valence-corrected chi connectivity index (χ0v) is 22.4. The normalized spacial score (nSPS) is 25.8. The number of aromatic nitrogens is 3. The first-order valence-electron chi connectivity index (χ1n) is 13.4. The maximum atomic E-state index is 13.5. The SMILES string of the molecule is Cc1cc2cnc(NC(=O)C3CC3c3cnn(C)c3C(F)(F)F)cc2cc1N1CCN(C2(C)CCOC2)CC1. The predicted molar refractivity (Wildman–Crippen MR) is 142 cm³/mol. The second-order valence-electron chi connectivity index (χ2n) is 11.3. The van der Waals surface area contributed by atoms with Gasteiger partial charge in [-0.05, 0) is 61.8 Å². The molecule has 3 atom stereocenters. The quantitative estimate of drug-likeness (QED) is 0.517. The van der Waals surface area contributed by atoms with E-state index in [-0.39, 0.29) is 17.0 Å². The van der Waals surface area contributed by atoms with Gasteiger partial charge in [0.05, 0.1) is 12.8 Å². The maximum absolute atomic E-state index is 13.5. The Morgan fingerprint density at radius 1 is 1.13 bits per heavy atom. The third kappa shape index (κ3) is 4.86. The first kappa shape index (κ1) is 26.1. The van der Waals surface area contributed by atoms with Gasteiger partial charge >= 0.3 is 6.18 Å². The molecule has 39 heavy (non-hydrogen) atoms. The minimum atomic E-state index is -4.52. The summed E-state index contributed by atoms with van der Waals surface area (Å²) in [6.07, 6.45) is -0.143. The van der Waals surface area contributed by atoms with Crippen molar-refractivity contribution in [3.8, 4) is 0 Å². The minimum Gasteiger partial charge on any atom is -0.379 e. The van der Waals surface area contributed by atoms with Crippen molar-refractivity contribution in [1.29, 1.82) is 0 Å². The lowest BCUT2D eigenvalue weighted by Crippen LogP contribution is -2.56. The van der Waals surface area contributed by atoms with E-state index in [0.717, 1.165) is 67.0 Å². The molecule has 1 saturated carbocycles. The molecule has 2 aliphatic heterocycles. The number of amides is 1. The summed E-state index contributed by atoms with van der Waals surface area (Å²) in [5.41, 5.74) is 1.74. The zero-order chi connectivity index (χ0) is 27.5. The summed E-state index contributed by atoms with van der Waals surface area (Å²) in [6, 6.07) is 6.09. The summed E-state index contributed by atoms with van der Waals surface area (Å²) in [7, 11) is 1.27. The van der Waals surface area contributed by atoms with Gasteiger partial charge in [-0.1, -0.05) is 0 Å². The molecule has 8 nitrogen and oxygen atoms in total. The van der Waals surface area contributed by atoms with Crippen molar-refractivity contribution < 1.29 is 22.7 Å². The highest BCUT2D eigenvalue weighted by Gasteiger charge is 2.50. The van der Waals surface area contributed by atoms with E-state index in [1.807, 2.05) is 6.07 Å². The highest BCUT2D eigenvalue weighted by atomic mass is 19.4. The summed E-state index contributed by atoms with van der Waals surface area (Å²) in [5.74, 6) is -0.961. The molecule has 3 unspecified atom stereocenters. The number of fused-ring (bicyclic) bond motifs is 1. The Kier molecular flexibility index (Phi) is 6.33.